The van der Waals surface area contributed by atoms with E-state index in [0.717, 1.165) is 12.2 Å². The van der Waals surface area contributed by atoms with E-state index in [1.54, 1.807) is 0 Å². The summed E-state index contributed by atoms with van der Waals surface area (Å²) in [6, 6.07) is 8.42. The molecule has 54 valence electrons. The zero-order valence-electron chi connectivity index (χ0n) is 6.17. The second-order valence-electron chi connectivity index (χ2n) is 2.28. The lowest BCUT2D eigenvalue weighted by Crippen LogP contribution is -1.86. The quantitative estimate of drug-likeness (QED) is 0.619. The molecule has 0 fully saturated rings. The van der Waals surface area contributed by atoms with E-state index in [9.17, 15) is 0 Å². The van der Waals surface area contributed by atoms with E-state index < -0.39 is 0 Å². The topological polar surface area (TPSA) is 0 Å². The second kappa shape index (κ2) is 3.67. The molecule has 0 spiro atoms. The lowest BCUT2D eigenvalue weighted by atomic mass is 10.1. The van der Waals surface area contributed by atoms with Gasteiger partial charge >= 0.3 is 0 Å². The molecule has 1 aromatic rings. The Morgan fingerprint density at radius 2 is 1.80 bits per heavy atom. The number of rotatable bonds is 2. The SMILES string of the molecule is CCc1ccccc1CS. The Balaban J connectivity index is 2.96. The average molecular weight is 152 g/mol. The third-order valence-electron chi connectivity index (χ3n) is 1.67. The average Bonchev–Trinajstić information content (AvgIpc) is 2.04. The Morgan fingerprint density at radius 3 is 2.20 bits per heavy atom. The van der Waals surface area contributed by atoms with Crippen LogP contribution in [0.3, 0.4) is 0 Å². The van der Waals surface area contributed by atoms with Gasteiger partial charge in [0.15, 0.2) is 0 Å². The van der Waals surface area contributed by atoms with E-state index in [-0.39, 0.29) is 0 Å². The Kier molecular flexibility index (Phi) is 2.82. The standard InChI is InChI=1S/C9H12S/c1-2-8-5-3-4-6-9(8)7-10/h3-6,10H,2,7H2,1H3. The summed E-state index contributed by atoms with van der Waals surface area (Å²) in [6.45, 7) is 2.17. The molecule has 0 bridgehead atoms. The number of hydrogen-bond acceptors (Lipinski definition) is 1. The molecule has 0 N–H and O–H groups in total. The van der Waals surface area contributed by atoms with Crippen LogP contribution in [0.4, 0.5) is 0 Å². The fourth-order valence-corrected chi connectivity index (χ4v) is 1.37. The van der Waals surface area contributed by atoms with Gasteiger partial charge in [-0.3, -0.25) is 0 Å². The fraction of sp³-hybridized carbons (Fsp3) is 0.333. The molecule has 1 rings (SSSR count). The molecule has 0 aliphatic heterocycles. The van der Waals surface area contributed by atoms with Crippen molar-refractivity contribution >= 4 is 12.6 Å². The molecule has 0 aliphatic rings. The van der Waals surface area contributed by atoms with Gasteiger partial charge in [0.2, 0.25) is 0 Å². The molecule has 0 unspecified atom stereocenters. The van der Waals surface area contributed by atoms with E-state index in [1.807, 2.05) is 0 Å². The number of benzene rings is 1. The van der Waals surface area contributed by atoms with Gasteiger partial charge in [-0.2, -0.15) is 12.6 Å². The van der Waals surface area contributed by atoms with Crippen LogP contribution in [0.2, 0.25) is 0 Å². The van der Waals surface area contributed by atoms with Gasteiger partial charge < -0.3 is 0 Å². The van der Waals surface area contributed by atoms with Crippen LogP contribution < -0.4 is 0 Å². The first-order valence-electron chi connectivity index (χ1n) is 3.56. The highest BCUT2D eigenvalue weighted by molar-refractivity contribution is 7.79. The summed E-state index contributed by atoms with van der Waals surface area (Å²) in [5.41, 5.74) is 2.77. The van der Waals surface area contributed by atoms with E-state index in [2.05, 4.69) is 43.8 Å². The summed E-state index contributed by atoms with van der Waals surface area (Å²) in [4.78, 5) is 0. The van der Waals surface area contributed by atoms with Crippen molar-refractivity contribution in [3.8, 4) is 0 Å². The number of thiol groups is 1. The summed E-state index contributed by atoms with van der Waals surface area (Å²) in [7, 11) is 0. The van der Waals surface area contributed by atoms with Crippen molar-refractivity contribution in [1.29, 1.82) is 0 Å². The maximum atomic E-state index is 4.23. The van der Waals surface area contributed by atoms with Crippen molar-refractivity contribution in [2.45, 2.75) is 19.1 Å². The maximum absolute atomic E-state index is 4.23. The normalized spacial score (nSPS) is 9.80. The van der Waals surface area contributed by atoms with E-state index in [0.29, 0.717) is 0 Å². The van der Waals surface area contributed by atoms with Gasteiger partial charge in [0.25, 0.3) is 0 Å². The molecule has 0 atom stereocenters. The molecular formula is C9H12S. The van der Waals surface area contributed by atoms with Gasteiger partial charge in [0, 0.05) is 5.75 Å². The Labute approximate surface area is 67.7 Å². The van der Waals surface area contributed by atoms with Crippen LogP contribution in [0, 0.1) is 0 Å². The summed E-state index contributed by atoms with van der Waals surface area (Å²) in [6.07, 6.45) is 1.11. The molecule has 1 aromatic carbocycles. The number of aryl methyl sites for hydroxylation is 1. The zero-order valence-corrected chi connectivity index (χ0v) is 7.07. The Bertz CT molecular complexity index is 183. The molecule has 0 radical (unpaired) electrons. The van der Waals surface area contributed by atoms with Gasteiger partial charge in [-0.1, -0.05) is 31.2 Å². The van der Waals surface area contributed by atoms with Crippen molar-refractivity contribution in [2.75, 3.05) is 0 Å². The molecule has 0 aromatic heterocycles. The summed E-state index contributed by atoms with van der Waals surface area (Å²) < 4.78 is 0. The molecule has 1 heteroatoms. The Hall–Kier alpha value is -0.430. The molecule has 10 heavy (non-hydrogen) atoms. The van der Waals surface area contributed by atoms with E-state index in [1.165, 1.54) is 11.1 Å². The van der Waals surface area contributed by atoms with Crippen LogP contribution in [-0.4, -0.2) is 0 Å². The number of hydrogen-bond donors (Lipinski definition) is 1. The second-order valence-corrected chi connectivity index (χ2v) is 2.60. The monoisotopic (exact) mass is 152 g/mol. The lowest BCUT2D eigenvalue weighted by molar-refractivity contribution is 1.10. The minimum Gasteiger partial charge on any atom is -0.175 e. The van der Waals surface area contributed by atoms with Crippen LogP contribution in [0.1, 0.15) is 18.1 Å². The van der Waals surface area contributed by atoms with Gasteiger partial charge in [0.1, 0.15) is 0 Å². The highest BCUT2D eigenvalue weighted by Crippen LogP contribution is 2.10. The molecule has 0 nitrogen and oxygen atoms in total. The molecule has 0 heterocycles. The minimum atomic E-state index is 0.851. The van der Waals surface area contributed by atoms with Crippen LogP contribution in [-0.2, 0) is 12.2 Å². The molecular weight excluding hydrogens is 140 g/mol. The zero-order chi connectivity index (χ0) is 7.40. The lowest BCUT2D eigenvalue weighted by Gasteiger charge is -2.02. The highest BCUT2D eigenvalue weighted by atomic mass is 32.1. The fourth-order valence-electron chi connectivity index (χ4n) is 1.06. The predicted molar refractivity (Wildman–Crippen MR) is 48.5 cm³/mol. The van der Waals surface area contributed by atoms with Gasteiger partial charge in [-0.25, -0.2) is 0 Å². The molecule has 0 amide bonds. The first-order valence-corrected chi connectivity index (χ1v) is 4.19. The predicted octanol–water partition coefficient (Wildman–Crippen LogP) is 2.68. The van der Waals surface area contributed by atoms with Crippen LogP contribution in [0.15, 0.2) is 24.3 Å². The molecule has 0 aliphatic carbocycles. The third kappa shape index (κ3) is 1.54. The third-order valence-corrected chi connectivity index (χ3v) is 2.01. The highest BCUT2D eigenvalue weighted by Gasteiger charge is 1.94. The minimum absolute atomic E-state index is 0.851. The van der Waals surface area contributed by atoms with Gasteiger partial charge in [0.05, 0.1) is 0 Å². The first kappa shape index (κ1) is 7.67. The van der Waals surface area contributed by atoms with Crippen molar-refractivity contribution < 1.29 is 0 Å². The summed E-state index contributed by atoms with van der Waals surface area (Å²) in [5.74, 6) is 0.851. The van der Waals surface area contributed by atoms with Gasteiger partial charge in [-0.15, -0.1) is 0 Å². The largest absolute Gasteiger partial charge is 0.175 e. The maximum Gasteiger partial charge on any atom is 0.0156 e. The Morgan fingerprint density at radius 1 is 1.20 bits per heavy atom. The molecule has 0 saturated carbocycles. The van der Waals surface area contributed by atoms with Crippen molar-refractivity contribution in [2.24, 2.45) is 0 Å². The van der Waals surface area contributed by atoms with Crippen molar-refractivity contribution in [3.05, 3.63) is 35.4 Å². The van der Waals surface area contributed by atoms with E-state index in [4.69, 9.17) is 0 Å². The van der Waals surface area contributed by atoms with Crippen LogP contribution in [0.25, 0.3) is 0 Å². The van der Waals surface area contributed by atoms with Crippen molar-refractivity contribution in [1.82, 2.24) is 0 Å². The summed E-state index contributed by atoms with van der Waals surface area (Å²) >= 11 is 4.23. The van der Waals surface area contributed by atoms with Crippen LogP contribution in [0.5, 0.6) is 0 Å². The van der Waals surface area contributed by atoms with Crippen LogP contribution >= 0.6 is 12.6 Å². The first-order chi connectivity index (χ1) is 4.88. The van der Waals surface area contributed by atoms with E-state index >= 15 is 0 Å². The van der Waals surface area contributed by atoms with Gasteiger partial charge in [-0.05, 0) is 17.5 Å². The summed E-state index contributed by atoms with van der Waals surface area (Å²) in [5, 5.41) is 0. The molecule has 0 saturated heterocycles. The van der Waals surface area contributed by atoms with Crippen molar-refractivity contribution in [3.63, 3.8) is 0 Å². The smallest absolute Gasteiger partial charge is 0.0156 e.